The molecule has 0 saturated heterocycles. The van der Waals surface area contributed by atoms with Gasteiger partial charge >= 0.3 is 0 Å². The van der Waals surface area contributed by atoms with Gasteiger partial charge in [0.2, 0.25) is 0 Å². The Kier molecular flexibility index (Phi) is 4.16. The molecular formula is C12H22N2O3. The van der Waals surface area contributed by atoms with E-state index >= 15 is 0 Å². The molecule has 1 N–H and O–H groups in total. The first kappa shape index (κ1) is 14.0. The highest BCUT2D eigenvalue weighted by Gasteiger charge is 2.35. The minimum Gasteiger partial charge on any atom is -0.493 e. The van der Waals surface area contributed by atoms with Crippen LogP contribution in [0.4, 0.5) is 0 Å². The van der Waals surface area contributed by atoms with Gasteiger partial charge in [0.05, 0.1) is 19.4 Å². The number of aliphatic hydroxyl groups is 1. The highest BCUT2D eigenvalue weighted by molar-refractivity contribution is 5.28. The van der Waals surface area contributed by atoms with Crippen molar-refractivity contribution in [3.05, 3.63) is 11.9 Å². The third kappa shape index (κ3) is 2.79. The molecule has 5 heteroatoms. The Morgan fingerprint density at radius 2 is 1.94 bits per heavy atom. The van der Waals surface area contributed by atoms with Gasteiger partial charge in [-0.2, -0.15) is 5.10 Å². The Bertz CT molecular complexity index is 368. The number of ether oxygens (including phenoxy) is 2. The minimum absolute atomic E-state index is 0.177. The zero-order valence-electron chi connectivity index (χ0n) is 11.4. The zero-order chi connectivity index (χ0) is 13.2. The second kappa shape index (κ2) is 5.06. The lowest BCUT2D eigenvalue weighted by atomic mass is 9.84. The smallest absolute Gasteiger partial charge is 0.162 e. The highest BCUT2D eigenvalue weighted by Crippen LogP contribution is 2.35. The van der Waals surface area contributed by atoms with Crippen molar-refractivity contribution in [2.24, 2.45) is 12.5 Å². The molecule has 0 fully saturated rings. The normalized spacial score (nSPS) is 15.7. The second-order valence-corrected chi connectivity index (χ2v) is 5.19. The lowest BCUT2D eigenvalue weighted by Crippen LogP contribution is -2.35. The fourth-order valence-corrected chi connectivity index (χ4v) is 2.02. The van der Waals surface area contributed by atoms with E-state index in [1.54, 1.807) is 32.1 Å². The van der Waals surface area contributed by atoms with Crippen LogP contribution in [0.5, 0.6) is 5.75 Å². The van der Waals surface area contributed by atoms with Gasteiger partial charge in [-0.3, -0.25) is 4.68 Å². The predicted octanol–water partition coefficient (Wildman–Crippen LogP) is 1.52. The van der Waals surface area contributed by atoms with Crippen molar-refractivity contribution >= 4 is 0 Å². The quantitative estimate of drug-likeness (QED) is 0.869. The summed E-state index contributed by atoms with van der Waals surface area (Å²) >= 11 is 0. The highest BCUT2D eigenvalue weighted by atomic mass is 16.5. The number of methoxy groups -OCH3 is 2. The van der Waals surface area contributed by atoms with Crippen molar-refractivity contribution in [1.82, 2.24) is 9.78 Å². The molecule has 2 atom stereocenters. The number of hydrogen-bond donors (Lipinski definition) is 1. The Hall–Kier alpha value is -1.07. The summed E-state index contributed by atoms with van der Waals surface area (Å²) in [7, 11) is 4.94. The topological polar surface area (TPSA) is 56.5 Å². The molecule has 0 aromatic carbocycles. The summed E-state index contributed by atoms with van der Waals surface area (Å²) in [5.41, 5.74) is 0.456. The average molecular weight is 242 g/mol. The van der Waals surface area contributed by atoms with Crippen molar-refractivity contribution in [3.63, 3.8) is 0 Å². The monoisotopic (exact) mass is 242 g/mol. The summed E-state index contributed by atoms with van der Waals surface area (Å²) in [6.45, 7) is 6.06. The lowest BCUT2D eigenvalue weighted by molar-refractivity contribution is -0.0758. The minimum atomic E-state index is -0.776. The van der Waals surface area contributed by atoms with Crippen molar-refractivity contribution in [1.29, 1.82) is 0 Å². The third-order valence-corrected chi connectivity index (χ3v) is 2.84. The Labute approximate surface area is 102 Å². The van der Waals surface area contributed by atoms with Gasteiger partial charge in [-0.25, -0.2) is 0 Å². The van der Waals surface area contributed by atoms with E-state index in [4.69, 9.17) is 9.47 Å². The number of hydrogen-bond acceptors (Lipinski definition) is 4. The number of nitrogens with zero attached hydrogens (tertiary/aromatic N) is 2. The maximum absolute atomic E-state index is 10.4. The zero-order valence-corrected chi connectivity index (χ0v) is 11.4. The Balaban J connectivity index is 3.09. The summed E-state index contributed by atoms with van der Waals surface area (Å²) in [4.78, 5) is 0. The summed E-state index contributed by atoms with van der Waals surface area (Å²) in [5, 5.41) is 14.5. The first-order chi connectivity index (χ1) is 7.82. The third-order valence-electron chi connectivity index (χ3n) is 2.84. The molecular weight excluding hydrogens is 220 g/mol. The van der Waals surface area contributed by atoms with Gasteiger partial charge in [-0.05, 0) is 5.41 Å². The SMILES string of the molecule is COc1cnn(C)c1C(O)C(OC)C(C)(C)C. The first-order valence-electron chi connectivity index (χ1n) is 5.59. The van der Waals surface area contributed by atoms with E-state index in [0.29, 0.717) is 11.4 Å². The van der Waals surface area contributed by atoms with Gasteiger partial charge in [-0.15, -0.1) is 0 Å². The maximum atomic E-state index is 10.4. The van der Waals surface area contributed by atoms with Crippen LogP contribution < -0.4 is 4.74 Å². The standard InChI is InChI=1S/C12H22N2O3/c1-12(2,3)11(17-6)10(15)9-8(16-5)7-13-14(9)4/h7,10-11,15H,1-6H3. The fraction of sp³-hybridized carbons (Fsp3) is 0.750. The van der Waals surface area contributed by atoms with E-state index in [0.717, 1.165) is 0 Å². The van der Waals surface area contributed by atoms with Crippen molar-refractivity contribution in [3.8, 4) is 5.75 Å². The van der Waals surface area contributed by atoms with Crippen molar-refractivity contribution in [2.45, 2.75) is 33.0 Å². The molecule has 2 unspecified atom stereocenters. The van der Waals surface area contributed by atoms with E-state index in [-0.39, 0.29) is 11.5 Å². The summed E-state index contributed by atoms with van der Waals surface area (Å²) in [5.74, 6) is 0.575. The molecule has 5 nitrogen and oxygen atoms in total. The lowest BCUT2D eigenvalue weighted by Gasteiger charge is -2.33. The molecule has 0 aliphatic rings. The average Bonchev–Trinajstić information content (AvgIpc) is 2.58. The van der Waals surface area contributed by atoms with Crippen LogP contribution in [0.3, 0.4) is 0 Å². The molecule has 0 radical (unpaired) electrons. The van der Waals surface area contributed by atoms with Gasteiger partial charge < -0.3 is 14.6 Å². The van der Waals surface area contributed by atoms with Crippen LogP contribution in [0.1, 0.15) is 32.6 Å². The Morgan fingerprint density at radius 3 is 2.35 bits per heavy atom. The van der Waals surface area contributed by atoms with Crippen LogP contribution >= 0.6 is 0 Å². The molecule has 0 spiro atoms. The van der Waals surface area contributed by atoms with Gasteiger partial charge in [0.25, 0.3) is 0 Å². The van der Waals surface area contributed by atoms with Gasteiger partial charge in [0.1, 0.15) is 11.8 Å². The number of aryl methyl sites for hydroxylation is 1. The van der Waals surface area contributed by atoms with Crippen molar-refractivity contribution in [2.75, 3.05) is 14.2 Å². The molecule has 0 bridgehead atoms. The van der Waals surface area contributed by atoms with E-state index in [2.05, 4.69) is 5.10 Å². The van der Waals surface area contributed by atoms with E-state index in [9.17, 15) is 5.11 Å². The van der Waals surface area contributed by atoms with E-state index in [1.807, 2.05) is 20.8 Å². The first-order valence-corrected chi connectivity index (χ1v) is 5.59. The predicted molar refractivity (Wildman–Crippen MR) is 65.0 cm³/mol. The molecule has 1 rings (SSSR count). The van der Waals surface area contributed by atoms with E-state index < -0.39 is 6.10 Å². The molecule has 98 valence electrons. The molecule has 1 aromatic heterocycles. The molecule has 0 aliphatic heterocycles. The summed E-state index contributed by atoms with van der Waals surface area (Å²) in [6.07, 6.45) is 0.489. The largest absolute Gasteiger partial charge is 0.493 e. The van der Waals surface area contributed by atoms with Crippen LogP contribution in [0, 0.1) is 5.41 Å². The summed E-state index contributed by atoms with van der Waals surface area (Å²) in [6, 6.07) is 0. The number of rotatable bonds is 4. The number of aliphatic hydroxyl groups excluding tert-OH is 1. The van der Waals surface area contributed by atoms with Gasteiger partial charge in [-0.1, -0.05) is 20.8 Å². The van der Waals surface area contributed by atoms with Crippen LogP contribution in [0.2, 0.25) is 0 Å². The summed E-state index contributed by atoms with van der Waals surface area (Å²) < 4.78 is 12.2. The molecule has 0 aliphatic carbocycles. The molecule has 1 heterocycles. The molecule has 1 aromatic rings. The second-order valence-electron chi connectivity index (χ2n) is 5.19. The maximum Gasteiger partial charge on any atom is 0.162 e. The molecule has 0 amide bonds. The number of aromatic nitrogens is 2. The van der Waals surface area contributed by atoms with Gasteiger partial charge in [0.15, 0.2) is 5.75 Å². The fourth-order valence-electron chi connectivity index (χ4n) is 2.02. The molecule has 17 heavy (non-hydrogen) atoms. The Morgan fingerprint density at radius 1 is 1.35 bits per heavy atom. The van der Waals surface area contributed by atoms with Gasteiger partial charge in [0, 0.05) is 14.2 Å². The molecule has 0 saturated carbocycles. The van der Waals surface area contributed by atoms with Crippen LogP contribution in [-0.4, -0.2) is 35.2 Å². The van der Waals surface area contributed by atoms with Crippen LogP contribution in [0.15, 0.2) is 6.20 Å². The van der Waals surface area contributed by atoms with Crippen LogP contribution in [-0.2, 0) is 11.8 Å². The van der Waals surface area contributed by atoms with Crippen molar-refractivity contribution < 1.29 is 14.6 Å². The van der Waals surface area contributed by atoms with E-state index in [1.165, 1.54) is 0 Å². The van der Waals surface area contributed by atoms with Crippen LogP contribution in [0.25, 0.3) is 0 Å².